The van der Waals surface area contributed by atoms with Crippen LogP contribution in [0.3, 0.4) is 0 Å². The Labute approximate surface area is 159 Å². The summed E-state index contributed by atoms with van der Waals surface area (Å²) in [6, 6.07) is 10.3. The van der Waals surface area contributed by atoms with Gasteiger partial charge < -0.3 is 14.8 Å². The van der Waals surface area contributed by atoms with Crippen molar-refractivity contribution in [3.8, 4) is 5.75 Å². The van der Waals surface area contributed by atoms with Gasteiger partial charge in [-0.1, -0.05) is 11.6 Å². The molecular weight excluding hydrogens is 376 g/mol. The summed E-state index contributed by atoms with van der Waals surface area (Å²) < 4.78 is 9.84. The number of nitro groups is 1. The second kappa shape index (κ2) is 9.35. The van der Waals surface area contributed by atoms with E-state index in [1.807, 2.05) is 0 Å². The highest BCUT2D eigenvalue weighted by Crippen LogP contribution is 2.27. The minimum Gasteiger partial charge on any atom is -0.495 e. The van der Waals surface area contributed by atoms with Crippen molar-refractivity contribution in [2.24, 2.45) is 0 Å². The maximum Gasteiger partial charge on any atom is 0.331 e. The summed E-state index contributed by atoms with van der Waals surface area (Å²) in [5.74, 6) is -0.790. The summed E-state index contributed by atoms with van der Waals surface area (Å²) >= 11 is 5.96. The third kappa shape index (κ3) is 6.12. The number of benzene rings is 2. The van der Waals surface area contributed by atoms with Gasteiger partial charge in [0.25, 0.3) is 11.6 Å². The van der Waals surface area contributed by atoms with Crippen molar-refractivity contribution >= 4 is 40.9 Å². The number of carbonyl (C=O) groups excluding carboxylic acids is 2. The van der Waals surface area contributed by atoms with Crippen LogP contribution in [0.25, 0.3) is 6.08 Å². The largest absolute Gasteiger partial charge is 0.495 e. The van der Waals surface area contributed by atoms with Gasteiger partial charge in [0.2, 0.25) is 0 Å². The summed E-state index contributed by atoms with van der Waals surface area (Å²) in [7, 11) is 1.48. The molecule has 0 spiro atoms. The molecule has 1 N–H and O–H groups in total. The van der Waals surface area contributed by atoms with Gasteiger partial charge in [-0.15, -0.1) is 0 Å². The number of hydrogen-bond acceptors (Lipinski definition) is 6. The smallest absolute Gasteiger partial charge is 0.331 e. The minimum absolute atomic E-state index is 0.0509. The predicted molar refractivity (Wildman–Crippen MR) is 99.7 cm³/mol. The van der Waals surface area contributed by atoms with Crippen molar-refractivity contribution in [3.05, 3.63) is 69.2 Å². The lowest BCUT2D eigenvalue weighted by Crippen LogP contribution is -2.20. The molecule has 2 aromatic rings. The number of nitrogens with one attached hydrogen (secondary N) is 1. The number of rotatable bonds is 7. The molecule has 0 bridgehead atoms. The average Bonchev–Trinajstić information content (AvgIpc) is 2.65. The minimum atomic E-state index is -0.726. The first kappa shape index (κ1) is 19.9. The van der Waals surface area contributed by atoms with Crippen LogP contribution >= 0.6 is 11.6 Å². The maximum atomic E-state index is 11.8. The Bertz CT molecular complexity index is 880. The van der Waals surface area contributed by atoms with Gasteiger partial charge in [-0.2, -0.15) is 0 Å². The number of ether oxygens (including phenoxy) is 2. The molecule has 2 rings (SSSR count). The Balaban J connectivity index is 1.83. The van der Waals surface area contributed by atoms with Crippen LogP contribution in [0.2, 0.25) is 5.02 Å². The molecule has 2 aromatic carbocycles. The summed E-state index contributed by atoms with van der Waals surface area (Å²) in [5, 5.41) is 13.4. The topological polar surface area (TPSA) is 108 Å². The zero-order valence-corrected chi connectivity index (χ0v) is 14.9. The number of esters is 1. The molecule has 0 fully saturated rings. The van der Waals surface area contributed by atoms with Crippen molar-refractivity contribution < 1.29 is 24.0 Å². The number of hydrogen-bond donors (Lipinski definition) is 1. The van der Waals surface area contributed by atoms with Crippen molar-refractivity contribution in [3.63, 3.8) is 0 Å². The highest BCUT2D eigenvalue weighted by molar-refractivity contribution is 6.32. The molecule has 140 valence electrons. The van der Waals surface area contributed by atoms with E-state index >= 15 is 0 Å². The SMILES string of the molecule is COc1ccc(NC(=O)COC(=O)C=Cc2ccc([N+](=O)[O-])cc2)cc1Cl. The Hall–Kier alpha value is -3.39. The quantitative estimate of drug-likeness (QED) is 0.336. The molecule has 0 radical (unpaired) electrons. The van der Waals surface area contributed by atoms with Crippen molar-refractivity contribution in [1.82, 2.24) is 0 Å². The fraction of sp³-hybridized carbons (Fsp3) is 0.111. The Morgan fingerprint density at radius 2 is 1.93 bits per heavy atom. The molecule has 0 aliphatic rings. The molecule has 8 nitrogen and oxygen atoms in total. The van der Waals surface area contributed by atoms with Crippen LogP contribution in [0, 0.1) is 10.1 Å². The third-order valence-electron chi connectivity index (χ3n) is 3.30. The molecule has 0 saturated carbocycles. The van der Waals surface area contributed by atoms with Gasteiger partial charge in [0, 0.05) is 23.9 Å². The van der Waals surface area contributed by atoms with E-state index in [4.69, 9.17) is 21.1 Å². The van der Waals surface area contributed by atoms with Crippen LogP contribution in [0.5, 0.6) is 5.75 Å². The van der Waals surface area contributed by atoms with Crippen LogP contribution < -0.4 is 10.1 Å². The van der Waals surface area contributed by atoms with E-state index < -0.39 is 23.4 Å². The summed E-state index contributed by atoms with van der Waals surface area (Å²) in [6.45, 7) is -0.479. The van der Waals surface area contributed by atoms with Crippen molar-refractivity contribution in [1.29, 1.82) is 0 Å². The lowest BCUT2D eigenvalue weighted by atomic mass is 10.2. The number of nitrogens with zero attached hydrogens (tertiary/aromatic N) is 1. The summed E-state index contributed by atoms with van der Waals surface area (Å²) in [5.41, 5.74) is 0.961. The van der Waals surface area contributed by atoms with Gasteiger partial charge in [0.15, 0.2) is 6.61 Å². The first-order valence-electron chi connectivity index (χ1n) is 7.61. The van der Waals surface area contributed by atoms with Gasteiger partial charge in [-0.3, -0.25) is 14.9 Å². The van der Waals surface area contributed by atoms with E-state index in [2.05, 4.69) is 5.32 Å². The maximum absolute atomic E-state index is 11.8. The van der Waals surface area contributed by atoms with Crippen LogP contribution in [0.4, 0.5) is 11.4 Å². The monoisotopic (exact) mass is 390 g/mol. The molecular formula is C18H15ClN2O6. The van der Waals surface area contributed by atoms with E-state index in [1.165, 1.54) is 43.5 Å². The number of nitro benzene ring substituents is 1. The van der Waals surface area contributed by atoms with Crippen LogP contribution in [-0.2, 0) is 14.3 Å². The number of halogens is 1. The highest BCUT2D eigenvalue weighted by Gasteiger charge is 2.08. The van der Waals surface area contributed by atoms with Gasteiger partial charge in [-0.05, 0) is 42.0 Å². The van der Waals surface area contributed by atoms with Crippen LogP contribution in [-0.4, -0.2) is 30.5 Å². The van der Waals surface area contributed by atoms with Gasteiger partial charge in [-0.25, -0.2) is 4.79 Å². The van der Waals surface area contributed by atoms with E-state index in [9.17, 15) is 19.7 Å². The number of methoxy groups -OCH3 is 1. The van der Waals surface area contributed by atoms with E-state index in [0.29, 0.717) is 22.0 Å². The standard InChI is InChI=1S/C18H15ClN2O6/c1-26-16-8-5-13(10-15(16)19)20-17(22)11-27-18(23)9-4-12-2-6-14(7-3-12)21(24)25/h2-10H,11H2,1H3,(H,20,22). The van der Waals surface area contributed by atoms with E-state index in [0.717, 1.165) is 6.08 Å². The second-order valence-electron chi connectivity index (χ2n) is 5.19. The first-order chi connectivity index (χ1) is 12.9. The highest BCUT2D eigenvalue weighted by atomic mass is 35.5. The molecule has 0 aliphatic heterocycles. The lowest BCUT2D eigenvalue weighted by Gasteiger charge is -2.08. The molecule has 27 heavy (non-hydrogen) atoms. The summed E-state index contributed by atoms with van der Waals surface area (Å²) in [6.07, 6.45) is 2.55. The number of carbonyl (C=O) groups is 2. The van der Waals surface area contributed by atoms with Crippen molar-refractivity contribution in [2.45, 2.75) is 0 Å². The number of anilines is 1. The Morgan fingerprint density at radius 1 is 1.22 bits per heavy atom. The molecule has 0 atom stereocenters. The molecule has 0 saturated heterocycles. The Morgan fingerprint density at radius 3 is 2.52 bits per heavy atom. The van der Waals surface area contributed by atoms with Gasteiger partial charge in [0.1, 0.15) is 5.75 Å². The number of amides is 1. The molecule has 0 unspecified atom stereocenters. The zero-order valence-electron chi connectivity index (χ0n) is 14.2. The molecule has 1 amide bonds. The molecule has 0 aliphatic carbocycles. The second-order valence-corrected chi connectivity index (χ2v) is 5.59. The van der Waals surface area contributed by atoms with E-state index in [1.54, 1.807) is 12.1 Å². The predicted octanol–water partition coefficient (Wildman–Crippen LogP) is 3.45. The fourth-order valence-electron chi connectivity index (χ4n) is 2.00. The Kier molecular flexibility index (Phi) is 6.90. The zero-order chi connectivity index (χ0) is 19.8. The molecule has 9 heteroatoms. The van der Waals surface area contributed by atoms with Crippen molar-refractivity contribution in [2.75, 3.05) is 19.0 Å². The van der Waals surface area contributed by atoms with Gasteiger partial charge >= 0.3 is 5.97 Å². The molecule has 0 heterocycles. The fourth-order valence-corrected chi connectivity index (χ4v) is 2.26. The third-order valence-corrected chi connectivity index (χ3v) is 3.59. The van der Waals surface area contributed by atoms with E-state index in [-0.39, 0.29) is 5.69 Å². The molecule has 0 aromatic heterocycles. The lowest BCUT2D eigenvalue weighted by molar-refractivity contribution is -0.384. The first-order valence-corrected chi connectivity index (χ1v) is 7.99. The number of non-ortho nitro benzene ring substituents is 1. The average molecular weight is 391 g/mol. The normalized spacial score (nSPS) is 10.4. The van der Waals surface area contributed by atoms with Crippen LogP contribution in [0.15, 0.2) is 48.5 Å². The van der Waals surface area contributed by atoms with Gasteiger partial charge in [0.05, 0.1) is 17.1 Å². The summed E-state index contributed by atoms with van der Waals surface area (Å²) in [4.78, 5) is 33.5. The van der Waals surface area contributed by atoms with Crippen LogP contribution in [0.1, 0.15) is 5.56 Å².